The molecule has 0 bridgehead atoms. The average Bonchev–Trinajstić information content (AvgIpc) is 2.09. The van der Waals surface area contributed by atoms with Gasteiger partial charge in [-0.2, -0.15) is 0 Å². The molecule has 0 heterocycles. The molecule has 0 aliphatic carbocycles. The van der Waals surface area contributed by atoms with Crippen LogP contribution >= 0.6 is 0 Å². The first kappa shape index (κ1) is 9.62. The Morgan fingerprint density at radius 3 is 2.27 bits per heavy atom. The lowest BCUT2D eigenvalue weighted by Gasteiger charge is -1.91. The molecule has 0 atom stereocenters. The lowest BCUT2D eigenvalue weighted by Crippen LogP contribution is -1.77. The van der Waals surface area contributed by atoms with Gasteiger partial charge in [0.05, 0.1) is 12.7 Å². The van der Waals surface area contributed by atoms with Gasteiger partial charge in [-0.1, -0.05) is 12.1 Å². The Hall–Kier alpha value is -1.38. The van der Waals surface area contributed by atoms with Crippen molar-refractivity contribution in [2.24, 2.45) is 0 Å². The Kier molecular flexibility index (Phi) is 4.73. The van der Waals surface area contributed by atoms with Crippen molar-refractivity contribution in [3.63, 3.8) is 0 Å². The lowest BCUT2D eigenvalue weighted by molar-refractivity contribution is 0.112. The van der Waals surface area contributed by atoms with Crippen LogP contribution in [-0.2, 0) is 0 Å². The van der Waals surface area contributed by atoms with Crippen LogP contribution in [0.5, 0.6) is 5.75 Å². The average molecular weight is 156 g/mol. The zero-order valence-corrected chi connectivity index (χ0v) is 6.12. The molecule has 0 aromatic heterocycles. The summed E-state index contributed by atoms with van der Waals surface area (Å²) in [5.74, 6) is 0.0347. The van der Waals surface area contributed by atoms with Crippen molar-refractivity contribution in [2.45, 2.75) is 0 Å². The number of halogens is 1. The molecule has 0 unspecified atom stereocenters. The van der Waals surface area contributed by atoms with E-state index in [2.05, 4.69) is 0 Å². The topological polar surface area (TPSA) is 37.3 Å². The molecule has 0 amide bonds. The minimum Gasteiger partial charge on any atom is -0.507 e. The van der Waals surface area contributed by atoms with E-state index in [4.69, 9.17) is 5.11 Å². The van der Waals surface area contributed by atoms with E-state index in [9.17, 15) is 9.18 Å². The van der Waals surface area contributed by atoms with E-state index >= 15 is 0 Å². The number of aldehydes is 1. The first-order valence-corrected chi connectivity index (χ1v) is 2.95. The van der Waals surface area contributed by atoms with Crippen molar-refractivity contribution in [3.8, 4) is 5.75 Å². The van der Waals surface area contributed by atoms with Crippen molar-refractivity contribution >= 4 is 6.29 Å². The molecule has 0 saturated heterocycles. The van der Waals surface area contributed by atoms with Crippen molar-refractivity contribution in [3.05, 3.63) is 29.8 Å². The van der Waals surface area contributed by atoms with Gasteiger partial charge in [-0.15, -0.1) is 0 Å². The van der Waals surface area contributed by atoms with E-state index in [1.807, 2.05) is 0 Å². The predicted octanol–water partition coefficient (Wildman–Crippen LogP) is 1.79. The Morgan fingerprint density at radius 1 is 1.36 bits per heavy atom. The summed E-state index contributed by atoms with van der Waals surface area (Å²) in [4.78, 5) is 10.1. The van der Waals surface area contributed by atoms with Gasteiger partial charge >= 0.3 is 0 Å². The van der Waals surface area contributed by atoms with Crippen LogP contribution in [0, 0.1) is 0 Å². The molecule has 1 aromatic rings. The number of carbonyl (C=O) groups excluding carboxylic acids is 1. The van der Waals surface area contributed by atoms with E-state index < -0.39 is 0 Å². The number of phenolic OH excluding ortho intramolecular Hbond substituents is 1. The highest BCUT2D eigenvalue weighted by Crippen LogP contribution is 2.11. The van der Waals surface area contributed by atoms with Gasteiger partial charge in [0.25, 0.3) is 0 Å². The molecule has 1 rings (SSSR count). The summed E-state index contributed by atoms with van der Waals surface area (Å²) in [6, 6.07) is 6.40. The third-order valence-electron chi connectivity index (χ3n) is 1.06. The summed E-state index contributed by atoms with van der Waals surface area (Å²) in [5.41, 5.74) is 0.331. The predicted molar refractivity (Wildman–Crippen MR) is 40.5 cm³/mol. The fourth-order valence-corrected chi connectivity index (χ4v) is 0.587. The summed E-state index contributed by atoms with van der Waals surface area (Å²) in [6.45, 7) is 0. The molecule has 0 aliphatic heterocycles. The summed E-state index contributed by atoms with van der Waals surface area (Å²) < 4.78 is 9.50. The van der Waals surface area contributed by atoms with Crippen LogP contribution in [0.15, 0.2) is 24.3 Å². The highest BCUT2D eigenvalue weighted by atomic mass is 19.1. The first-order chi connectivity index (χ1) is 5.34. The van der Waals surface area contributed by atoms with Crippen LogP contribution in [-0.4, -0.2) is 18.6 Å². The lowest BCUT2D eigenvalue weighted by atomic mass is 10.2. The molecule has 0 fully saturated rings. The molecule has 0 saturated carbocycles. The summed E-state index contributed by atoms with van der Waals surface area (Å²) in [7, 11) is 0.500. The van der Waals surface area contributed by atoms with E-state index in [-0.39, 0.29) is 5.75 Å². The molecule has 1 N–H and O–H groups in total. The zero-order chi connectivity index (χ0) is 8.69. The molecule has 11 heavy (non-hydrogen) atoms. The molecule has 0 aliphatic rings. The Bertz CT molecular complexity index is 223. The molecular weight excluding hydrogens is 147 g/mol. The van der Waals surface area contributed by atoms with Gasteiger partial charge in [-0.25, -0.2) is 0 Å². The smallest absolute Gasteiger partial charge is 0.153 e. The number of hydrogen-bond donors (Lipinski definition) is 1. The van der Waals surface area contributed by atoms with E-state index in [1.54, 1.807) is 18.2 Å². The second kappa shape index (κ2) is 5.41. The SMILES string of the molecule is CF.O=Cc1ccccc1O. The second-order valence-electron chi connectivity index (χ2n) is 1.68. The molecule has 0 radical (unpaired) electrons. The number of rotatable bonds is 1. The van der Waals surface area contributed by atoms with Gasteiger partial charge in [0.15, 0.2) is 6.29 Å². The van der Waals surface area contributed by atoms with Gasteiger partial charge in [-0.05, 0) is 12.1 Å². The van der Waals surface area contributed by atoms with Crippen LogP contribution in [0.25, 0.3) is 0 Å². The van der Waals surface area contributed by atoms with E-state index in [0.717, 1.165) is 0 Å². The zero-order valence-electron chi connectivity index (χ0n) is 6.12. The third kappa shape index (κ3) is 2.80. The molecule has 0 spiro atoms. The maximum Gasteiger partial charge on any atom is 0.153 e. The largest absolute Gasteiger partial charge is 0.507 e. The minimum absolute atomic E-state index is 0.0347. The standard InChI is InChI=1S/C7H6O2.CH3F/c8-5-6-3-1-2-4-7(6)9;1-2/h1-5,9H;1H3. The van der Waals surface area contributed by atoms with Crippen LogP contribution in [0.1, 0.15) is 10.4 Å². The molecule has 1 aromatic carbocycles. The minimum atomic E-state index is 0.0347. The highest BCUT2D eigenvalue weighted by Gasteiger charge is 1.93. The number of phenols is 1. The maximum atomic E-state index is 10.1. The number of benzene rings is 1. The number of aromatic hydroxyl groups is 1. The fourth-order valence-electron chi connectivity index (χ4n) is 0.587. The van der Waals surface area contributed by atoms with Gasteiger partial charge in [0.1, 0.15) is 5.75 Å². The van der Waals surface area contributed by atoms with Crippen LogP contribution < -0.4 is 0 Å². The number of para-hydroxylation sites is 1. The Morgan fingerprint density at radius 2 is 1.91 bits per heavy atom. The number of hydrogen-bond acceptors (Lipinski definition) is 2. The molecule has 2 nitrogen and oxygen atoms in total. The van der Waals surface area contributed by atoms with E-state index in [1.165, 1.54) is 6.07 Å². The number of alkyl halides is 1. The van der Waals surface area contributed by atoms with Crippen molar-refractivity contribution in [2.75, 3.05) is 7.18 Å². The quantitative estimate of drug-likeness (QED) is 0.629. The molecular formula is C8H9FO2. The van der Waals surface area contributed by atoms with Crippen molar-refractivity contribution in [1.29, 1.82) is 0 Å². The summed E-state index contributed by atoms with van der Waals surface area (Å²) >= 11 is 0. The monoisotopic (exact) mass is 156 g/mol. The highest BCUT2D eigenvalue weighted by molar-refractivity contribution is 5.78. The van der Waals surface area contributed by atoms with Crippen molar-refractivity contribution < 1.29 is 14.3 Å². The van der Waals surface area contributed by atoms with Crippen molar-refractivity contribution in [1.82, 2.24) is 0 Å². The summed E-state index contributed by atoms with van der Waals surface area (Å²) in [6.07, 6.45) is 0.620. The van der Waals surface area contributed by atoms with Gasteiger partial charge in [0.2, 0.25) is 0 Å². The third-order valence-corrected chi connectivity index (χ3v) is 1.06. The van der Waals surface area contributed by atoms with Crippen LogP contribution in [0.3, 0.4) is 0 Å². The Labute approximate surface area is 64.3 Å². The second-order valence-corrected chi connectivity index (χ2v) is 1.68. The van der Waals surface area contributed by atoms with Gasteiger partial charge in [-0.3, -0.25) is 9.18 Å². The van der Waals surface area contributed by atoms with Crippen LogP contribution in [0.2, 0.25) is 0 Å². The summed E-state index contributed by atoms with van der Waals surface area (Å²) in [5, 5.41) is 8.88. The first-order valence-electron chi connectivity index (χ1n) is 2.95. The Balaban J connectivity index is 0.000000461. The molecule has 3 heteroatoms. The van der Waals surface area contributed by atoms with Gasteiger partial charge in [0, 0.05) is 0 Å². The number of carbonyl (C=O) groups is 1. The van der Waals surface area contributed by atoms with Gasteiger partial charge < -0.3 is 5.11 Å². The van der Waals surface area contributed by atoms with Crippen LogP contribution in [0.4, 0.5) is 4.39 Å². The maximum absolute atomic E-state index is 10.1. The van der Waals surface area contributed by atoms with E-state index in [0.29, 0.717) is 19.0 Å². The molecule has 60 valence electrons. The normalized spacial score (nSPS) is 7.82. The fraction of sp³-hybridized carbons (Fsp3) is 0.125.